The first-order valence-corrected chi connectivity index (χ1v) is 7.97. The highest BCUT2D eigenvalue weighted by Crippen LogP contribution is 2.43. The second kappa shape index (κ2) is 5.45. The molecule has 1 fully saturated rings. The van der Waals surface area contributed by atoms with Crippen molar-refractivity contribution < 1.29 is 5.11 Å². The van der Waals surface area contributed by atoms with Crippen LogP contribution in [0.15, 0.2) is 4.79 Å². The Bertz CT molecular complexity index is 884. The summed E-state index contributed by atoms with van der Waals surface area (Å²) in [5.41, 5.74) is -0.845. The number of hydrogen-bond acceptors (Lipinski definition) is 5. The van der Waals surface area contributed by atoms with Crippen LogP contribution in [0, 0.1) is 10.8 Å². The smallest absolute Gasteiger partial charge is 0.286 e. The van der Waals surface area contributed by atoms with E-state index in [9.17, 15) is 9.90 Å². The van der Waals surface area contributed by atoms with Crippen LogP contribution in [-0.4, -0.2) is 30.0 Å². The highest BCUT2D eigenvalue weighted by Gasteiger charge is 2.45. The van der Waals surface area contributed by atoms with Crippen molar-refractivity contribution in [1.82, 2.24) is 19.1 Å². The van der Waals surface area contributed by atoms with Gasteiger partial charge in [0.25, 0.3) is 5.56 Å². The van der Waals surface area contributed by atoms with Crippen molar-refractivity contribution >= 4 is 17.0 Å². The van der Waals surface area contributed by atoms with Gasteiger partial charge in [-0.15, -0.1) is 0 Å². The van der Waals surface area contributed by atoms with Gasteiger partial charge >= 0.3 is 0 Å². The fourth-order valence-corrected chi connectivity index (χ4v) is 2.76. The summed E-state index contributed by atoms with van der Waals surface area (Å²) in [6.45, 7) is 4.13. The standard InChI is InChI=1S/C15H22N6O2/c1-3-4-5-8-20-11-10(12(22)21(9(2)16)14(20)17)18-13(19-11)15(23)6-7-15/h16-17,23H,3-8H2,1-2H3,(H,18,19). The number of aliphatic hydroxyl groups is 1. The zero-order chi connectivity index (χ0) is 16.8. The second-order valence-corrected chi connectivity index (χ2v) is 6.22. The molecule has 0 aromatic carbocycles. The summed E-state index contributed by atoms with van der Waals surface area (Å²) in [5, 5.41) is 26.3. The number of H-pyrrole nitrogens is 1. The molecule has 0 atom stereocenters. The number of aryl methyl sites for hydroxylation is 1. The second-order valence-electron chi connectivity index (χ2n) is 6.22. The number of fused-ring (bicyclic) bond motifs is 1. The molecule has 23 heavy (non-hydrogen) atoms. The van der Waals surface area contributed by atoms with Gasteiger partial charge in [0.15, 0.2) is 11.2 Å². The summed E-state index contributed by atoms with van der Waals surface area (Å²) < 4.78 is 2.71. The molecule has 2 heterocycles. The molecule has 0 aliphatic heterocycles. The van der Waals surface area contributed by atoms with E-state index in [1.807, 2.05) is 0 Å². The molecular weight excluding hydrogens is 296 g/mol. The molecule has 0 radical (unpaired) electrons. The Balaban J connectivity index is 2.24. The Labute approximate surface area is 132 Å². The summed E-state index contributed by atoms with van der Waals surface area (Å²) >= 11 is 0. The van der Waals surface area contributed by atoms with Gasteiger partial charge in [0.1, 0.15) is 17.3 Å². The molecule has 1 aliphatic rings. The topological polar surface area (TPSA) is 124 Å². The molecule has 4 N–H and O–H groups in total. The third-order valence-electron chi connectivity index (χ3n) is 4.31. The van der Waals surface area contributed by atoms with E-state index in [1.54, 1.807) is 4.57 Å². The number of hydrogen-bond donors (Lipinski definition) is 4. The number of aromatic nitrogens is 4. The largest absolute Gasteiger partial charge is 0.382 e. The van der Waals surface area contributed by atoms with Crippen LogP contribution in [0.1, 0.15) is 51.8 Å². The first kappa shape index (κ1) is 15.7. The van der Waals surface area contributed by atoms with Crippen LogP contribution in [0.4, 0.5) is 0 Å². The van der Waals surface area contributed by atoms with Crippen LogP contribution in [0.5, 0.6) is 0 Å². The van der Waals surface area contributed by atoms with Crippen LogP contribution in [0.2, 0.25) is 0 Å². The van der Waals surface area contributed by atoms with Gasteiger partial charge in [0.2, 0.25) is 5.62 Å². The Morgan fingerprint density at radius 2 is 2.13 bits per heavy atom. The maximum Gasteiger partial charge on any atom is 0.286 e. The summed E-state index contributed by atoms with van der Waals surface area (Å²) in [6.07, 6.45) is 4.16. The number of nitrogens with one attached hydrogen (secondary N) is 3. The molecular formula is C15H22N6O2. The van der Waals surface area contributed by atoms with Gasteiger partial charge in [0.05, 0.1) is 0 Å². The van der Waals surface area contributed by atoms with Crippen LogP contribution >= 0.6 is 0 Å². The molecule has 8 heteroatoms. The quantitative estimate of drug-likeness (QED) is 0.374. The van der Waals surface area contributed by atoms with E-state index in [1.165, 1.54) is 6.92 Å². The summed E-state index contributed by atoms with van der Waals surface area (Å²) in [4.78, 5) is 19.9. The van der Waals surface area contributed by atoms with Crippen molar-refractivity contribution in [2.75, 3.05) is 0 Å². The minimum absolute atomic E-state index is 0.00701. The molecule has 0 unspecified atom stereocenters. The van der Waals surface area contributed by atoms with Crippen LogP contribution in [-0.2, 0) is 12.1 Å². The fourth-order valence-electron chi connectivity index (χ4n) is 2.76. The van der Waals surface area contributed by atoms with Crippen LogP contribution in [0.25, 0.3) is 11.2 Å². The molecule has 1 saturated carbocycles. The lowest BCUT2D eigenvalue weighted by atomic mass is 10.2. The fraction of sp³-hybridized carbons (Fsp3) is 0.600. The van der Waals surface area contributed by atoms with E-state index in [0.717, 1.165) is 23.8 Å². The summed E-state index contributed by atoms with van der Waals surface area (Å²) in [7, 11) is 0. The molecule has 0 saturated heterocycles. The van der Waals surface area contributed by atoms with E-state index in [4.69, 9.17) is 10.8 Å². The van der Waals surface area contributed by atoms with Gasteiger partial charge < -0.3 is 10.1 Å². The van der Waals surface area contributed by atoms with Crippen molar-refractivity contribution in [3.05, 3.63) is 21.8 Å². The Morgan fingerprint density at radius 3 is 2.70 bits per heavy atom. The number of rotatable bonds is 5. The van der Waals surface area contributed by atoms with Crippen molar-refractivity contribution in [2.24, 2.45) is 0 Å². The average Bonchev–Trinajstić information content (AvgIpc) is 3.08. The van der Waals surface area contributed by atoms with Crippen molar-refractivity contribution in [3.63, 3.8) is 0 Å². The number of nitrogens with zero attached hydrogens (tertiary/aromatic N) is 3. The number of imidazole rings is 1. The third-order valence-corrected chi connectivity index (χ3v) is 4.31. The first-order valence-electron chi connectivity index (χ1n) is 7.97. The lowest BCUT2D eigenvalue weighted by Crippen LogP contribution is -2.43. The van der Waals surface area contributed by atoms with Crippen molar-refractivity contribution in [2.45, 2.75) is 58.1 Å². The molecule has 3 rings (SSSR count). The van der Waals surface area contributed by atoms with E-state index in [2.05, 4.69) is 16.9 Å². The van der Waals surface area contributed by atoms with E-state index in [-0.39, 0.29) is 17.0 Å². The normalized spacial score (nSPS) is 16.0. The van der Waals surface area contributed by atoms with Crippen molar-refractivity contribution in [1.29, 1.82) is 10.8 Å². The summed E-state index contributed by atoms with van der Waals surface area (Å²) in [5.74, 6) is 0.376. The third kappa shape index (κ3) is 2.52. The number of unbranched alkanes of at least 4 members (excludes halogenated alkanes) is 2. The van der Waals surface area contributed by atoms with Crippen LogP contribution < -0.4 is 11.2 Å². The zero-order valence-corrected chi connectivity index (χ0v) is 13.4. The van der Waals surface area contributed by atoms with E-state index in [0.29, 0.717) is 30.9 Å². The van der Waals surface area contributed by atoms with E-state index < -0.39 is 11.2 Å². The minimum atomic E-state index is -0.973. The van der Waals surface area contributed by atoms with Gasteiger partial charge in [-0.25, -0.2) is 9.55 Å². The molecule has 124 valence electrons. The van der Waals surface area contributed by atoms with Gasteiger partial charge in [0, 0.05) is 6.54 Å². The predicted octanol–water partition coefficient (Wildman–Crippen LogP) is 1.02. The maximum absolute atomic E-state index is 12.6. The maximum atomic E-state index is 12.6. The highest BCUT2D eigenvalue weighted by molar-refractivity contribution is 5.81. The Hall–Kier alpha value is -2.22. The lowest BCUT2D eigenvalue weighted by molar-refractivity contribution is 0.142. The highest BCUT2D eigenvalue weighted by atomic mass is 16.3. The lowest BCUT2D eigenvalue weighted by Gasteiger charge is -2.11. The molecule has 0 bridgehead atoms. The SMILES string of the molecule is CCCCCn1c(=N)n(C(C)=N)c(=O)c2[nH]c(C3(O)CC3)nc21. The zero-order valence-electron chi connectivity index (χ0n) is 13.4. The van der Waals surface area contributed by atoms with Gasteiger partial charge in [-0.3, -0.25) is 20.2 Å². The first-order chi connectivity index (χ1) is 10.9. The molecule has 8 nitrogen and oxygen atoms in total. The monoisotopic (exact) mass is 318 g/mol. The Kier molecular flexibility index (Phi) is 3.71. The molecule has 0 spiro atoms. The summed E-state index contributed by atoms with van der Waals surface area (Å²) in [6, 6.07) is 0. The molecule has 0 amide bonds. The van der Waals surface area contributed by atoms with Gasteiger partial charge in [-0.05, 0) is 26.2 Å². The molecule has 2 aromatic heterocycles. The average molecular weight is 318 g/mol. The minimum Gasteiger partial charge on any atom is -0.382 e. The van der Waals surface area contributed by atoms with Crippen molar-refractivity contribution in [3.8, 4) is 0 Å². The predicted molar refractivity (Wildman–Crippen MR) is 85.7 cm³/mol. The van der Waals surface area contributed by atoms with E-state index >= 15 is 0 Å². The molecule has 2 aromatic rings. The van der Waals surface area contributed by atoms with Gasteiger partial charge in [-0.2, -0.15) is 0 Å². The molecule has 1 aliphatic carbocycles. The Morgan fingerprint density at radius 1 is 1.43 bits per heavy atom. The van der Waals surface area contributed by atoms with Crippen LogP contribution in [0.3, 0.4) is 0 Å². The van der Waals surface area contributed by atoms with Gasteiger partial charge in [-0.1, -0.05) is 19.8 Å². The number of aromatic amines is 1.